The van der Waals surface area contributed by atoms with Crippen LogP contribution in [0.25, 0.3) is 0 Å². The van der Waals surface area contributed by atoms with Crippen molar-refractivity contribution in [2.45, 2.75) is 26.4 Å². The van der Waals surface area contributed by atoms with Crippen LogP contribution in [0.2, 0.25) is 0 Å². The molecule has 1 aromatic heterocycles. The summed E-state index contributed by atoms with van der Waals surface area (Å²) in [5.41, 5.74) is 3.00. The van der Waals surface area contributed by atoms with Crippen molar-refractivity contribution in [3.8, 4) is 0 Å². The Morgan fingerprint density at radius 2 is 1.84 bits per heavy atom. The first-order valence-corrected chi connectivity index (χ1v) is 8.89. The van der Waals surface area contributed by atoms with Gasteiger partial charge in [-0.2, -0.15) is 0 Å². The van der Waals surface area contributed by atoms with E-state index in [2.05, 4.69) is 50.4 Å². The van der Waals surface area contributed by atoms with E-state index >= 15 is 0 Å². The van der Waals surface area contributed by atoms with Crippen molar-refractivity contribution in [1.82, 2.24) is 15.2 Å². The smallest absolute Gasteiger partial charge is 0.253 e. The molecule has 25 heavy (non-hydrogen) atoms. The van der Waals surface area contributed by atoms with Gasteiger partial charge in [0.25, 0.3) is 5.91 Å². The zero-order valence-corrected chi connectivity index (χ0v) is 15.0. The van der Waals surface area contributed by atoms with Gasteiger partial charge in [-0.25, -0.2) is 0 Å². The summed E-state index contributed by atoms with van der Waals surface area (Å²) in [6.45, 7) is 8.83. The maximum atomic E-state index is 12.2. The molecule has 1 aromatic carbocycles. The predicted molar refractivity (Wildman–Crippen MR) is 101 cm³/mol. The molecule has 1 aliphatic heterocycles. The number of amides is 1. The third kappa shape index (κ3) is 4.79. The molecule has 1 fully saturated rings. The molecule has 1 amide bonds. The summed E-state index contributed by atoms with van der Waals surface area (Å²) >= 11 is 0. The molecular weight excluding hydrogens is 312 g/mol. The molecule has 5 nitrogen and oxygen atoms in total. The minimum absolute atomic E-state index is 0.0629. The average Bonchev–Trinajstić information content (AvgIpc) is 2.63. The van der Waals surface area contributed by atoms with Gasteiger partial charge in [0.15, 0.2) is 0 Å². The highest BCUT2D eigenvalue weighted by Gasteiger charge is 2.18. The molecule has 0 radical (unpaired) electrons. The van der Waals surface area contributed by atoms with E-state index in [-0.39, 0.29) is 11.9 Å². The lowest BCUT2D eigenvalue weighted by atomic mass is 10.2. The van der Waals surface area contributed by atoms with E-state index in [1.54, 1.807) is 6.20 Å². The van der Waals surface area contributed by atoms with Gasteiger partial charge in [-0.1, -0.05) is 30.3 Å². The topological polar surface area (TPSA) is 48.5 Å². The fraction of sp³-hybridized carbons (Fsp3) is 0.400. The second kappa shape index (κ2) is 8.12. The Morgan fingerprint density at radius 3 is 2.52 bits per heavy atom. The van der Waals surface area contributed by atoms with Crippen LogP contribution >= 0.6 is 0 Å². The van der Waals surface area contributed by atoms with Crippen LogP contribution in [0.5, 0.6) is 0 Å². The number of carbonyl (C=O) groups excluding carboxylic acids is 1. The lowest BCUT2D eigenvalue weighted by molar-refractivity contribution is 0.0942. The van der Waals surface area contributed by atoms with Gasteiger partial charge in [0.2, 0.25) is 0 Å². The average molecular weight is 338 g/mol. The highest BCUT2D eigenvalue weighted by molar-refractivity contribution is 5.94. The van der Waals surface area contributed by atoms with Crippen molar-refractivity contribution in [2.75, 3.05) is 31.1 Å². The van der Waals surface area contributed by atoms with E-state index < -0.39 is 0 Å². The summed E-state index contributed by atoms with van der Waals surface area (Å²) < 4.78 is 0. The molecule has 1 saturated heterocycles. The highest BCUT2D eigenvalue weighted by Crippen LogP contribution is 2.18. The number of hydrogen-bond acceptors (Lipinski definition) is 4. The summed E-state index contributed by atoms with van der Waals surface area (Å²) in [5, 5.41) is 2.92. The molecule has 132 valence electrons. The number of rotatable bonds is 5. The van der Waals surface area contributed by atoms with Crippen LogP contribution < -0.4 is 10.2 Å². The van der Waals surface area contributed by atoms with Gasteiger partial charge >= 0.3 is 0 Å². The molecule has 5 heteroatoms. The first kappa shape index (κ1) is 17.4. The molecule has 3 rings (SSSR count). The van der Waals surface area contributed by atoms with Crippen LogP contribution in [0.3, 0.4) is 0 Å². The lowest BCUT2D eigenvalue weighted by Crippen LogP contribution is -2.46. The monoisotopic (exact) mass is 338 g/mol. The first-order valence-electron chi connectivity index (χ1n) is 8.89. The van der Waals surface area contributed by atoms with Crippen LogP contribution in [0.15, 0.2) is 48.8 Å². The van der Waals surface area contributed by atoms with E-state index in [0.717, 1.165) is 38.4 Å². The molecule has 2 aromatic rings. The molecule has 0 saturated carbocycles. The Morgan fingerprint density at radius 1 is 1.12 bits per heavy atom. The lowest BCUT2D eigenvalue weighted by Gasteiger charge is -2.36. The number of aromatic nitrogens is 1. The van der Waals surface area contributed by atoms with E-state index in [9.17, 15) is 4.79 Å². The standard InChI is InChI=1S/C20H26N4O/c1-16(2)22-20(25)18-12-19(14-21-13-18)24-10-8-23(9-11-24)15-17-6-4-3-5-7-17/h3-7,12-14,16H,8-11,15H2,1-2H3,(H,22,25). The first-order chi connectivity index (χ1) is 12.1. The third-order valence-electron chi connectivity index (χ3n) is 4.39. The fourth-order valence-electron chi connectivity index (χ4n) is 3.08. The number of pyridine rings is 1. The minimum atomic E-state index is -0.0629. The van der Waals surface area contributed by atoms with Gasteiger partial charge in [-0.3, -0.25) is 14.7 Å². The normalized spacial score (nSPS) is 15.4. The van der Waals surface area contributed by atoms with Crippen LogP contribution in [-0.4, -0.2) is 48.0 Å². The zero-order chi connectivity index (χ0) is 17.6. The van der Waals surface area contributed by atoms with Crippen molar-refractivity contribution >= 4 is 11.6 Å². The Balaban J connectivity index is 1.58. The largest absolute Gasteiger partial charge is 0.368 e. The number of anilines is 1. The minimum Gasteiger partial charge on any atom is -0.368 e. The highest BCUT2D eigenvalue weighted by atomic mass is 16.1. The SMILES string of the molecule is CC(C)NC(=O)c1cncc(N2CCN(Cc3ccccc3)CC2)c1. The van der Waals surface area contributed by atoms with Gasteiger partial charge in [0.05, 0.1) is 17.4 Å². The number of benzene rings is 1. The Bertz CT molecular complexity index is 694. The molecule has 0 aliphatic carbocycles. The van der Waals surface area contributed by atoms with E-state index in [1.807, 2.05) is 26.1 Å². The molecule has 2 heterocycles. The quantitative estimate of drug-likeness (QED) is 0.910. The molecule has 1 N–H and O–H groups in total. The predicted octanol–water partition coefficient (Wildman–Crippen LogP) is 2.54. The van der Waals surface area contributed by atoms with Crippen LogP contribution in [0.4, 0.5) is 5.69 Å². The maximum Gasteiger partial charge on any atom is 0.253 e. The van der Waals surface area contributed by atoms with E-state index in [0.29, 0.717) is 5.56 Å². The van der Waals surface area contributed by atoms with Gasteiger partial charge in [-0.05, 0) is 25.5 Å². The van der Waals surface area contributed by atoms with Gasteiger partial charge in [0.1, 0.15) is 0 Å². The van der Waals surface area contributed by atoms with Crippen LogP contribution in [0, 0.1) is 0 Å². The summed E-state index contributed by atoms with van der Waals surface area (Å²) in [5.74, 6) is -0.0629. The van der Waals surface area contributed by atoms with E-state index in [1.165, 1.54) is 5.56 Å². The number of carbonyl (C=O) groups is 1. The van der Waals surface area contributed by atoms with Crippen molar-refractivity contribution in [2.24, 2.45) is 0 Å². The Labute approximate surface area is 149 Å². The number of piperazine rings is 1. The summed E-state index contributed by atoms with van der Waals surface area (Å²) in [4.78, 5) is 21.2. The Hall–Kier alpha value is -2.40. The molecule has 1 aliphatic rings. The molecule has 0 spiro atoms. The zero-order valence-electron chi connectivity index (χ0n) is 15.0. The fourth-order valence-corrected chi connectivity index (χ4v) is 3.08. The summed E-state index contributed by atoms with van der Waals surface area (Å²) in [6, 6.07) is 12.6. The third-order valence-corrected chi connectivity index (χ3v) is 4.39. The molecule has 0 atom stereocenters. The molecule has 0 unspecified atom stereocenters. The second-order valence-corrected chi connectivity index (χ2v) is 6.81. The molecular formula is C20H26N4O. The van der Waals surface area contributed by atoms with Crippen molar-refractivity contribution < 1.29 is 4.79 Å². The van der Waals surface area contributed by atoms with Gasteiger partial charge < -0.3 is 10.2 Å². The Kier molecular flexibility index (Phi) is 5.66. The van der Waals surface area contributed by atoms with Crippen molar-refractivity contribution in [1.29, 1.82) is 0 Å². The van der Waals surface area contributed by atoms with Gasteiger partial charge in [-0.15, -0.1) is 0 Å². The van der Waals surface area contributed by atoms with Crippen LogP contribution in [-0.2, 0) is 6.54 Å². The van der Waals surface area contributed by atoms with Crippen LogP contribution in [0.1, 0.15) is 29.8 Å². The summed E-state index contributed by atoms with van der Waals surface area (Å²) in [7, 11) is 0. The molecule has 0 bridgehead atoms. The van der Waals surface area contributed by atoms with Crippen molar-refractivity contribution in [3.05, 3.63) is 59.9 Å². The number of nitrogens with zero attached hydrogens (tertiary/aromatic N) is 3. The number of nitrogens with one attached hydrogen (secondary N) is 1. The van der Waals surface area contributed by atoms with E-state index in [4.69, 9.17) is 0 Å². The van der Waals surface area contributed by atoms with Crippen molar-refractivity contribution in [3.63, 3.8) is 0 Å². The summed E-state index contributed by atoms with van der Waals surface area (Å²) in [6.07, 6.45) is 3.48. The van der Waals surface area contributed by atoms with Gasteiger partial charge in [0, 0.05) is 45.0 Å². The second-order valence-electron chi connectivity index (χ2n) is 6.81. The number of hydrogen-bond donors (Lipinski definition) is 1. The maximum absolute atomic E-state index is 12.2.